The van der Waals surface area contributed by atoms with Crippen LogP contribution in [0.25, 0.3) is 0 Å². The van der Waals surface area contributed by atoms with Crippen LogP contribution in [0.3, 0.4) is 0 Å². The number of hydrogen-bond donors (Lipinski definition) is 1. The van der Waals surface area contributed by atoms with Gasteiger partial charge in [0.1, 0.15) is 16.3 Å². The lowest BCUT2D eigenvalue weighted by Gasteiger charge is -2.18. The highest BCUT2D eigenvalue weighted by Gasteiger charge is 2.36. The van der Waals surface area contributed by atoms with Gasteiger partial charge in [0.25, 0.3) is 0 Å². The summed E-state index contributed by atoms with van der Waals surface area (Å²) >= 11 is 3.45. The summed E-state index contributed by atoms with van der Waals surface area (Å²) in [6, 6.07) is 0.819. The topological polar surface area (TPSA) is 74.7 Å². The lowest BCUT2D eigenvalue weighted by molar-refractivity contribution is -0.134. The quantitative estimate of drug-likeness (QED) is 0.868. The highest BCUT2D eigenvalue weighted by molar-refractivity contribution is 9.11. The zero-order valence-electron chi connectivity index (χ0n) is 9.23. The molecule has 0 atom stereocenters. The third kappa shape index (κ3) is 3.91. The van der Waals surface area contributed by atoms with Gasteiger partial charge in [0, 0.05) is 7.05 Å². The van der Waals surface area contributed by atoms with Gasteiger partial charge in [-0.3, -0.25) is 0 Å². The molecule has 1 rings (SSSR count). The number of aromatic carboxylic acids is 1. The molecule has 1 aromatic rings. The predicted molar refractivity (Wildman–Crippen MR) is 64.8 cm³/mol. The molecular weight excluding hydrogens is 375 g/mol. The molecule has 1 heterocycles. The summed E-state index contributed by atoms with van der Waals surface area (Å²) in [5.74, 6) is -1.36. The predicted octanol–water partition coefficient (Wildman–Crippen LogP) is 2.39. The standard InChI is InChI=1S/C8H7BrF3NO4S2/c1-13(3-8(10,11)12)19(16,17)5-2-4(7(14)15)18-6(5)9/h2H,3H2,1H3,(H,14,15). The number of thiophene rings is 1. The fraction of sp³-hybridized carbons (Fsp3) is 0.375. The Morgan fingerprint density at radius 3 is 2.42 bits per heavy atom. The Morgan fingerprint density at radius 2 is 2.05 bits per heavy atom. The Bertz CT molecular complexity index is 596. The van der Waals surface area contributed by atoms with Gasteiger partial charge in [0.2, 0.25) is 10.0 Å². The molecule has 0 unspecified atom stereocenters. The molecule has 0 aliphatic carbocycles. The maximum absolute atomic E-state index is 12.2. The van der Waals surface area contributed by atoms with E-state index in [1.165, 1.54) is 0 Å². The van der Waals surface area contributed by atoms with Crippen molar-refractivity contribution < 1.29 is 31.5 Å². The van der Waals surface area contributed by atoms with Gasteiger partial charge >= 0.3 is 12.1 Å². The van der Waals surface area contributed by atoms with Gasteiger partial charge < -0.3 is 5.11 Å². The monoisotopic (exact) mass is 381 g/mol. The molecule has 0 saturated heterocycles. The Hall–Kier alpha value is -0.650. The number of rotatable bonds is 4. The van der Waals surface area contributed by atoms with Crippen LogP contribution < -0.4 is 0 Å². The van der Waals surface area contributed by atoms with Gasteiger partial charge in [-0.15, -0.1) is 11.3 Å². The first-order chi connectivity index (χ1) is 8.45. The van der Waals surface area contributed by atoms with Crippen LogP contribution in [0, 0.1) is 0 Å². The summed E-state index contributed by atoms with van der Waals surface area (Å²) in [5, 5.41) is 8.71. The molecule has 0 radical (unpaired) electrons. The van der Waals surface area contributed by atoms with E-state index >= 15 is 0 Å². The summed E-state index contributed by atoms with van der Waals surface area (Å²) in [5.41, 5.74) is 0. The molecule has 0 aromatic carbocycles. The van der Waals surface area contributed by atoms with Gasteiger partial charge in [-0.05, 0) is 22.0 Å². The zero-order chi connectivity index (χ0) is 15.0. The van der Waals surface area contributed by atoms with Crippen molar-refractivity contribution in [2.45, 2.75) is 11.1 Å². The number of nitrogens with zero attached hydrogens (tertiary/aromatic N) is 1. The summed E-state index contributed by atoms with van der Waals surface area (Å²) < 4.78 is 60.3. The normalized spacial score (nSPS) is 12.9. The van der Waals surface area contributed by atoms with E-state index in [-0.39, 0.29) is 13.0 Å². The van der Waals surface area contributed by atoms with E-state index in [2.05, 4.69) is 15.9 Å². The molecule has 0 aliphatic heterocycles. The van der Waals surface area contributed by atoms with Gasteiger partial charge in [-0.2, -0.15) is 17.5 Å². The van der Waals surface area contributed by atoms with E-state index in [1.807, 2.05) is 0 Å². The van der Waals surface area contributed by atoms with E-state index in [0.29, 0.717) is 11.3 Å². The second kappa shape index (κ2) is 5.38. The lowest BCUT2D eigenvalue weighted by atomic mass is 10.5. The minimum atomic E-state index is -4.68. The van der Waals surface area contributed by atoms with E-state index < -0.39 is 33.6 Å². The van der Waals surface area contributed by atoms with Crippen molar-refractivity contribution in [3.8, 4) is 0 Å². The molecule has 1 N–H and O–H groups in total. The number of alkyl halides is 3. The van der Waals surface area contributed by atoms with E-state index in [0.717, 1.165) is 13.1 Å². The third-order valence-electron chi connectivity index (χ3n) is 1.96. The molecule has 11 heteroatoms. The van der Waals surface area contributed by atoms with Crippen molar-refractivity contribution in [3.05, 3.63) is 14.7 Å². The summed E-state index contributed by atoms with van der Waals surface area (Å²) in [6.07, 6.45) is -4.68. The molecule has 0 fully saturated rings. The van der Waals surface area contributed by atoms with Crippen molar-refractivity contribution in [2.24, 2.45) is 0 Å². The molecule has 5 nitrogen and oxygen atoms in total. The van der Waals surface area contributed by atoms with Crippen molar-refractivity contribution in [2.75, 3.05) is 13.6 Å². The number of sulfonamides is 1. The highest BCUT2D eigenvalue weighted by atomic mass is 79.9. The number of carboxylic acids is 1. The number of carbonyl (C=O) groups is 1. The zero-order valence-corrected chi connectivity index (χ0v) is 12.5. The molecule has 0 saturated carbocycles. The fourth-order valence-corrected chi connectivity index (χ4v) is 4.64. The van der Waals surface area contributed by atoms with Crippen molar-refractivity contribution in [1.82, 2.24) is 4.31 Å². The van der Waals surface area contributed by atoms with E-state index in [4.69, 9.17) is 5.11 Å². The van der Waals surface area contributed by atoms with Crippen LogP contribution in [-0.2, 0) is 10.0 Å². The number of halogens is 4. The third-order valence-corrected chi connectivity index (χ3v) is 6.00. The minimum Gasteiger partial charge on any atom is -0.477 e. The maximum Gasteiger partial charge on any atom is 0.402 e. The Kier molecular flexibility index (Phi) is 4.65. The SMILES string of the molecule is CN(CC(F)(F)F)S(=O)(=O)c1cc(C(=O)O)sc1Br. The highest BCUT2D eigenvalue weighted by Crippen LogP contribution is 2.34. The minimum absolute atomic E-state index is 0.0566. The van der Waals surface area contributed by atoms with Crippen LogP contribution in [0.2, 0.25) is 0 Å². The van der Waals surface area contributed by atoms with Crippen LogP contribution in [0.15, 0.2) is 14.7 Å². The van der Waals surface area contributed by atoms with Crippen molar-refractivity contribution >= 4 is 43.3 Å². The first-order valence-corrected chi connectivity index (χ1v) is 7.56. The molecule has 0 aliphatic rings. The number of hydrogen-bond acceptors (Lipinski definition) is 4. The largest absolute Gasteiger partial charge is 0.477 e. The van der Waals surface area contributed by atoms with Crippen molar-refractivity contribution in [1.29, 1.82) is 0 Å². The van der Waals surface area contributed by atoms with Gasteiger partial charge in [0.15, 0.2) is 0 Å². The average molecular weight is 382 g/mol. The van der Waals surface area contributed by atoms with Gasteiger partial charge in [-0.25, -0.2) is 13.2 Å². The molecule has 19 heavy (non-hydrogen) atoms. The number of carboxylic acid groups (broad SMARTS) is 1. The van der Waals surface area contributed by atoms with Crippen molar-refractivity contribution in [3.63, 3.8) is 0 Å². The second-order valence-corrected chi connectivity index (χ2v) is 7.81. The molecule has 0 bridgehead atoms. The first kappa shape index (κ1) is 16.4. The maximum atomic E-state index is 12.2. The van der Waals surface area contributed by atoms with Crippen LogP contribution in [0.1, 0.15) is 9.67 Å². The Balaban J connectivity index is 3.17. The Morgan fingerprint density at radius 1 is 1.53 bits per heavy atom. The van der Waals surface area contributed by atoms with E-state index in [1.54, 1.807) is 0 Å². The Labute approximate surface area is 118 Å². The fourth-order valence-electron chi connectivity index (χ4n) is 1.14. The van der Waals surface area contributed by atoms with Crippen LogP contribution in [0.5, 0.6) is 0 Å². The summed E-state index contributed by atoms with van der Waals surface area (Å²) in [4.78, 5) is 9.91. The van der Waals surface area contributed by atoms with Gasteiger partial charge in [0.05, 0.1) is 3.79 Å². The molecule has 108 valence electrons. The summed E-state index contributed by atoms with van der Waals surface area (Å²) in [6.45, 7) is -1.65. The summed E-state index contributed by atoms with van der Waals surface area (Å²) in [7, 11) is -3.63. The van der Waals surface area contributed by atoms with Gasteiger partial charge in [-0.1, -0.05) is 0 Å². The van der Waals surface area contributed by atoms with Crippen LogP contribution >= 0.6 is 27.3 Å². The second-order valence-electron chi connectivity index (χ2n) is 3.43. The van der Waals surface area contributed by atoms with Crippen LogP contribution in [0.4, 0.5) is 13.2 Å². The lowest BCUT2D eigenvalue weighted by Crippen LogP contribution is -2.35. The van der Waals surface area contributed by atoms with E-state index in [9.17, 15) is 26.4 Å². The molecule has 0 amide bonds. The smallest absolute Gasteiger partial charge is 0.402 e. The molecule has 1 aromatic heterocycles. The molecule has 0 spiro atoms. The molecular formula is C8H7BrF3NO4S2. The average Bonchev–Trinajstić information content (AvgIpc) is 2.58. The first-order valence-electron chi connectivity index (χ1n) is 4.51. The van der Waals surface area contributed by atoms with Crippen LogP contribution in [-0.4, -0.2) is 43.6 Å².